The standard InChI is InChI=1S/C32H39N3O9/c1-3-5-19-42-32(40)35-27(23-41-18-4-2)31(39)34-26(16-17-28(36)43-21-24-12-8-6-9-13-24)30(38)33-20-29(37)44-22-25-14-10-7-11-15-25/h2,6-15,26-27H,3,5,16-23H2,1H3,(H,33,38)(H,34,39)(H,35,40)/t26-,27-/m0/s1. The molecule has 0 radical (unpaired) electrons. The highest BCUT2D eigenvalue weighted by molar-refractivity contribution is 5.92. The van der Waals surface area contributed by atoms with Gasteiger partial charge in [-0.1, -0.05) is 79.9 Å². The van der Waals surface area contributed by atoms with Crippen LogP contribution in [0.4, 0.5) is 4.79 Å². The lowest BCUT2D eigenvalue weighted by molar-refractivity contribution is -0.147. The Hall–Kier alpha value is -4.89. The van der Waals surface area contributed by atoms with Crippen molar-refractivity contribution in [2.75, 3.05) is 26.4 Å². The van der Waals surface area contributed by atoms with Gasteiger partial charge in [0.05, 0.1) is 13.2 Å². The Bertz CT molecular complexity index is 1230. The number of hydrogen-bond acceptors (Lipinski definition) is 9. The Morgan fingerprint density at radius 1 is 0.795 bits per heavy atom. The van der Waals surface area contributed by atoms with E-state index in [1.165, 1.54) is 0 Å². The number of esters is 2. The van der Waals surface area contributed by atoms with E-state index in [1.54, 1.807) is 48.5 Å². The van der Waals surface area contributed by atoms with Crippen molar-refractivity contribution >= 4 is 29.8 Å². The molecule has 12 heteroatoms. The second kappa shape index (κ2) is 20.9. The molecule has 0 spiro atoms. The zero-order chi connectivity index (χ0) is 32.0. The summed E-state index contributed by atoms with van der Waals surface area (Å²) in [5.74, 6) is -0.584. The minimum Gasteiger partial charge on any atom is -0.461 e. The van der Waals surface area contributed by atoms with Gasteiger partial charge in [0.2, 0.25) is 11.8 Å². The minimum atomic E-state index is -1.28. The SMILES string of the molecule is C#CCOC[C@H](NC(=O)OCCCC)C(=O)N[C@@H](CCC(=O)OCc1ccccc1)C(=O)NCC(=O)OCc1ccccc1. The van der Waals surface area contributed by atoms with Gasteiger partial charge in [0.1, 0.15) is 38.4 Å². The highest BCUT2D eigenvalue weighted by atomic mass is 16.6. The van der Waals surface area contributed by atoms with E-state index < -0.39 is 48.5 Å². The lowest BCUT2D eigenvalue weighted by atomic mass is 10.1. The largest absolute Gasteiger partial charge is 0.461 e. The first kappa shape index (κ1) is 35.3. The van der Waals surface area contributed by atoms with Crippen molar-refractivity contribution in [1.82, 2.24) is 16.0 Å². The van der Waals surface area contributed by atoms with Gasteiger partial charge in [-0.05, 0) is 24.0 Å². The molecule has 2 aromatic rings. The first-order valence-electron chi connectivity index (χ1n) is 14.2. The number of ether oxygens (including phenoxy) is 4. The van der Waals surface area contributed by atoms with Crippen LogP contribution in [0.25, 0.3) is 0 Å². The number of hydrogen-bond donors (Lipinski definition) is 3. The van der Waals surface area contributed by atoms with Gasteiger partial charge in [0.25, 0.3) is 0 Å². The van der Waals surface area contributed by atoms with Crippen molar-refractivity contribution in [3.05, 3.63) is 71.8 Å². The fourth-order valence-corrected chi connectivity index (χ4v) is 3.60. The van der Waals surface area contributed by atoms with Crippen LogP contribution in [0.5, 0.6) is 0 Å². The van der Waals surface area contributed by atoms with Crippen molar-refractivity contribution in [3.63, 3.8) is 0 Å². The predicted molar refractivity (Wildman–Crippen MR) is 159 cm³/mol. The molecule has 0 aliphatic heterocycles. The average Bonchev–Trinajstić information content (AvgIpc) is 3.04. The van der Waals surface area contributed by atoms with Gasteiger partial charge in [0.15, 0.2) is 0 Å². The Kier molecular flexibility index (Phi) is 16.8. The molecule has 3 amide bonds. The number of carbonyl (C=O) groups excluding carboxylic acids is 5. The highest BCUT2D eigenvalue weighted by Gasteiger charge is 2.28. The molecule has 0 aliphatic carbocycles. The molecule has 0 fully saturated rings. The first-order chi connectivity index (χ1) is 21.3. The van der Waals surface area contributed by atoms with Crippen LogP contribution >= 0.6 is 0 Å². The molecule has 0 bridgehead atoms. The zero-order valence-electron chi connectivity index (χ0n) is 24.8. The first-order valence-corrected chi connectivity index (χ1v) is 14.2. The quantitative estimate of drug-likeness (QED) is 0.0941. The Morgan fingerprint density at radius 2 is 1.41 bits per heavy atom. The summed E-state index contributed by atoms with van der Waals surface area (Å²) in [6.07, 6.45) is 5.40. The van der Waals surface area contributed by atoms with E-state index in [2.05, 4.69) is 21.9 Å². The minimum absolute atomic E-state index is 0.0162. The average molecular weight is 610 g/mol. The summed E-state index contributed by atoms with van der Waals surface area (Å²) >= 11 is 0. The van der Waals surface area contributed by atoms with Crippen LogP contribution in [0.2, 0.25) is 0 Å². The molecular formula is C32H39N3O9. The maximum absolute atomic E-state index is 13.2. The molecule has 12 nitrogen and oxygen atoms in total. The highest BCUT2D eigenvalue weighted by Crippen LogP contribution is 2.06. The van der Waals surface area contributed by atoms with Crippen LogP contribution in [0, 0.1) is 12.3 Å². The summed E-state index contributed by atoms with van der Waals surface area (Å²) in [5, 5.41) is 7.34. The summed E-state index contributed by atoms with van der Waals surface area (Å²) < 4.78 is 20.8. The van der Waals surface area contributed by atoms with Crippen molar-refractivity contribution in [3.8, 4) is 12.3 Å². The van der Waals surface area contributed by atoms with Gasteiger partial charge >= 0.3 is 18.0 Å². The number of alkyl carbamates (subject to hydrolysis) is 1. The normalized spacial score (nSPS) is 11.6. The van der Waals surface area contributed by atoms with Crippen molar-refractivity contribution in [2.45, 2.75) is 57.9 Å². The van der Waals surface area contributed by atoms with Crippen molar-refractivity contribution < 1.29 is 42.9 Å². The Morgan fingerprint density at radius 3 is 2.00 bits per heavy atom. The second-order valence-corrected chi connectivity index (χ2v) is 9.52. The fraction of sp³-hybridized carbons (Fsp3) is 0.406. The lowest BCUT2D eigenvalue weighted by Crippen LogP contribution is -2.55. The predicted octanol–water partition coefficient (Wildman–Crippen LogP) is 2.40. The fourth-order valence-electron chi connectivity index (χ4n) is 3.60. The van der Waals surface area contributed by atoms with Gasteiger partial charge in [-0.2, -0.15) is 0 Å². The molecule has 0 aliphatic rings. The Balaban J connectivity index is 2.03. The molecule has 0 heterocycles. The lowest BCUT2D eigenvalue weighted by Gasteiger charge is -2.22. The van der Waals surface area contributed by atoms with Crippen molar-refractivity contribution in [2.24, 2.45) is 0 Å². The van der Waals surface area contributed by atoms with E-state index in [0.29, 0.717) is 6.42 Å². The van der Waals surface area contributed by atoms with E-state index in [0.717, 1.165) is 17.5 Å². The molecule has 0 saturated carbocycles. The molecular weight excluding hydrogens is 570 g/mol. The number of unbranched alkanes of at least 4 members (excludes halogenated alkanes) is 1. The molecule has 0 unspecified atom stereocenters. The molecule has 236 valence electrons. The van der Waals surface area contributed by atoms with Crippen LogP contribution in [-0.2, 0) is 51.3 Å². The summed E-state index contributed by atoms with van der Waals surface area (Å²) in [7, 11) is 0. The molecule has 3 N–H and O–H groups in total. The van der Waals surface area contributed by atoms with E-state index in [4.69, 9.17) is 25.4 Å². The van der Waals surface area contributed by atoms with E-state index >= 15 is 0 Å². The maximum atomic E-state index is 13.2. The number of terminal acetylenes is 1. The number of nitrogens with one attached hydrogen (secondary N) is 3. The van der Waals surface area contributed by atoms with Crippen LogP contribution in [0.15, 0.2) is 60.7 Å². The van der Waals surface area contributed by atoms with Gasteiger partial charge in [0, 0.05) is 6.42 Å². The molecule has 0 saturated heterocycles. The Labute approximate surface area is 257 Å². The number of rotatable bonds is 19. The third-order valence-corrected chi connectivity index (χ3v) is 5.97. The van der Waals surface area contributed by atoms with E-state index in [9.17, 15) is 24.0 Å². The summed E-state index contributed by atoms with van der Waals surface area (Å²) in [6.45, 7) is 1.22. The molecule has 2 atom stereocenters. The van der Waals surface area contributed by atoms with Gasteiger partial charge in [-0.25, -0.2) is 4.79 Å². The van der Waals surface area contributed by atoms with Gasteiger partial charge in [-0.3, -0.25) is 19.2 Å². The molecule has 2 aromatic carbocycles. The van der Waals surface area contributed by atoms with E-state index in [1.807, 2.05) is 19.1 Å². The van der Waals surface area contributed by atoms with E-state index in [-0.39, 0.29) is 45.9 Å². The summed E-state index contributed by atoms with van der Waals surface area (Å²) in [6, 6.07) is 15.5. The monoisotopic (exact) mass is 609 g/mol. The summed E-state index contributed by atoms with van der Waals surface area (Å²) in [5.41, 5.74) is 1.55. The number of amides is 3. The third-order valence-electron chi connectivity index (χ3n) is 5.97. The van der Waals surface area contributed by atoms with Crippen LogP contribution in [0.1, 0.15) is 43.7 Å². The van der Waals surface area contributed by atoms with Crippen molar-refractivity contribution in [1.29, 1.82) is 0 Å². The summed E-state index contributed by atoms with van der Waals surface area (Å²) in [4.78, 5) is 63.2. The molecule has 2 rings (SSSR count). The zero-order valence-corrected chi connectivity index (χ0v) is 24.8. The number of carbonyl (C=O) groups is 5. The second-order valence-electron chi connectivity index (χ2n) is 9.52. The number of benzene rings is 2. The van der Waals surface area contributed by atoms with Crippen LogP contribution in [-0.4, -0.2) is 68.3 Å². The molecule has 0 aromatic heterocycles. The smallest absolute Gasteiger partial charge is 0.407 e. The maximum Gasteiger partial charge on any atom is 0.407 e. The van der Waals surface area contributed by atoms with Gasteiger partial charge in [-0.15, -0.1) is 6.42 Å². The van der Waals surface area contributed by atoms with Crippen LogP contribution < -0.4 is 16.0 Å². The molecule has 44 heavy (non-hydrogen) atoms. The topological polar surface area (TPSA) is 158 Å². The van der Waals surface area contributed by atoms with Gasteiger partial charge < -0.3 is 34.9 Å². The van der Waals surface area contributed by atoms with Crippen LogP contribution in [0.3, 0.4) is 0 Å². The third kappa shape index (κ3) is 14.8.